The summed E-state index contributed by atoms with van der Waals surface area (Å²) in [5.41, 5.74) is 0.658. The number of amides is 1. The number of hydrogen-bond acceptors (Lipinski definition) is 3. The van der Waals surface area contributed by atoms with E-state index in [1.165, 1.54) is 12.1 Å². The Morgan fingerprint density at radius 2 is 1.83 bits per heavy atom. The van der Waals surface area contributed by atoms with Gasteiger partial charge in [0.05, 0.1) is 17.8 Å². The number of carbonyl (C=O) groups excluding carboxylic acids is 1. The van der Waals surface area contributed by atoms with Crippen molar-refractivity contribution < 1.29 is 18.0 Å². The summed E-state index contributed by atoms with van der Waals surface area (Å²) in [7, 11) is 0. The van der Waals surface area contributed by atoms with Crippen LogP contribution in [0, 0.1) is 0 Å². The van der Waals surface area contributed by atoms with E-state index in [2.05, 4.69) is 5.32 Å². The van der Waals surface area contributed by atoms with Gasteiger partial charge < -0.3 is 10.2 Å². The van der Waals surface area contributed by atoms with Crippen molar-refractivity contribution >= 4 is 29.0 Å². The van der Waals surface area contributed by atoms with E-state index < -0.39 is 11.7 Å². The van der Waals surface area contributed by atoms with Gasteiger partial charge in [0.15, 0.2) is 0 Å². The van der Waals surface area contributed by atoms with Crippen LogP contribution in [0.3, 0.4) is 0 Å². The third-order valence-corrected chi connectivity index (χ3v) is 4.73. The average Bonchev–Trinajstić information content (AvgIpc) is 2.59. The summed E-state index contributed by atoms with van der Waals surface area (Å²) in [6.07, 6.45) is -4.36. The van der Waals surface area contributed by atoms with Crippen molar-refractivity contribution in [1.82, 2.24) is 0 Å². The normalized spacial score (nSPS) is 14.2. The van der Waals surface area contributed by atoms with E-state index in [9.17, 15) is 18.0 Å². The zero-order chi connectivity index (χ0) is 17.2. The molecule has 24 heavy (non-hydrogen) atoms. The highest BCUT2D eigenvalue weighted by atomic mass is 32.2. The number of fused-ring (bicyclic) bond motifs is 1. The lowest BCUT2D eigenvalue weighted by molar-refractivity contribution is -0.137. The van der Waals surface area contributed by atoms with E-state index in [1.807, 2.05) is 24.3 Å². The summed E-state index contributed by atoms with van der Waals surface area (Å²) in [4.78, 5) is 15.2. The van der Waals surface area contributed by atoms with Crippen LogP contribution in [-0.2, 0) is 11.0 Å². The van der Waals surface area contributed by atoms with Gasteiger partial charge in [0, 0.05) is 22.9 Å². The fraction of sp³-hybridized carbons (Fsp3) is 0.235. The lowest BCUT2D eigenvalue weighted by Gasteiger charge is -2.29. The molecule has 1 amide bonds. The van der Waals surface area contributed by atoms with E-state index in [0.717, 1.165) is 28.5 Å². The van der Waals surface area contributed by atoms with Crippen molar-refractivity contribution in [2.45, 2.75) is 11.1 Å². The Morgan fingerprint density at radius 1 is 1.12 bits per heavy atom. The molecule has 0 fully saturated rings. The summed E-state index contributed by atoms with van der Waals surface area (Å²) in [6, 6.07) is 12.3. The number of nitrogens with one attached hydrogen (secondary N) is 1. The molecule has 0 saturated carbocycles. The molecular formula is C17H15F3N2OS. The number of para-hydroxylation sites is 1. The quantitative estimate of drug-likeness (QED) is 0.896. The molecule has 1 aliphatic rings. The number of nitrogens with zero attached hydrogens (tertiary/aromatic N) is 1. The predicted octanol–water partition coefficient (Wildman–Crippen LogP) is 4.26. The molecule has 0 atom stereocenters. The molecule has 1 aliphatic heterocycles. The van der Waals surface area contributed by atoms with Crippen molar-refractivity contribution in [3.05, 3.63) is 54.1 Å². The van der Waals surface area contributed by atoms with Gasteiger partial charge in [-0.15, -0.1) is 11.8 Å². The van der Waals surface area contributed by atoms with Gasteiger partial charge >= 0.3 is 6.18 Å². The van der Waals surface area contributed by atoms with Crippen LogP contribution in [0.4, 0.5) is 24.5 Å². The molecule has 0 spiro atoms. The first-order chi connectivity index (χ1) is 11.4. The molecule has 2 aromatic carbocycles. The van der Waals surface area contributed by atoms with Crippen molar-refractivity contribution in [3.63, 3.8) is 0 Å². The summed E-state index contributed by atoms with van der Waals surface area (Å²) in [6.45, 7) is 0.652. The number of halogens is 3. The van der Waals surface area contributed by atoms with Crippen LogP contribution in [0.5, 0.6) is 0 Å². The number of carbonyl (C=O) groups is 1. The third kappa shape index (κ3) is 3.67. The molecule has 1 N–H and O–H groups in total. The number of thioether (sulfide) groups is 1. The SMILES string of the molecule is O=C(CNc1ccc(C(F)(F)F)cc1)N1CCSc2ccccc21. The minimum atomic E-state index is -4.36. The Balaban J connectivity index is 1.64. The van der Waals surface area contributed by atoms with Crippen LogP contribution in [0.1, 0.15) is 5.56 Å². The first kappa shape index (κ1) is 16.7. The predicted molar refractivity (Wildman–Crippen MR) is 89.5 cm³/mol. The molecule has 126 valence electrons. The monoisotopic (exact) mass is 352 g/mol. The molecule has 0 saturated heterocycles. The lowest BCUT2D eigenvalue weighted by atomic mass is 10.2. The highest BCUT2D eigenvalue weighted by Crippen LogP contribution is 2.34. The summed E-state index contributed by atoms with van der Waals surface area (Å²) in [5.74, 6) is 0.714. The van der Waals surface area contributed by atoms with Crippen LogP contribution >= 0.6 is 11.8 Å². The molecule has 3 rings (SSSR count). The Kier molecular flexibility index (Phi) is 4.71. The van der Waals surface area contributed by atoms with Gasteiger partial charge in [0.1, 0.15) is 0 Å². The fourth-order valence-corrected chi connectivity index (χ4v) is 3.47. The average molecular weight is 352 g/mol. The molecule has 0 aliphatic carbocycles. The minimum absolute atomic E-state index is 0.0321. The molecule has 7 heteroatoms. The van der Waals surface area contributed by atoms with Crippen molar-refractivity contribution in [1.29, 1.82) is 0 Å². The molecule has 0 radical (unpaired) electrons. The standard InChI is InChI=1S/C17H15F3N2OS/c18-17(19,20)12-5-7-13(8-6-12)21-11-16(23)22-9-10-24-15-4-2-1-3-14(15)22/h1-8,21H,9-11H2. The molecule has 3 nitrogen and oxygen atoms in total. The second-order valence-electron chi connectivity index (χ2n) is 5.29. The Morgan fingerprint density at radius 3 is 2.54 bits per heavy atom. The van der Waals surface area contributed by atoms with Gasteiger partial charge in [-0.2, -0.15) is 13.2 Å². The van der Waals surface area contributed by atoms with Gasteiger partial charge in [-0.3, -0.25) is 4.79 Å². The Hall–Kier alpha value is -2.15. The topological polar surface area (TPSA) is 32.3 Å². The Labute approximate surface area is 141 Å². The summed E-state index contributed by atoms with van der Waals surface area (Å²) < 4.78 is 37.6. The van der Waals surface area contributed by atoms with Crippen LogP contribution in [0.2, 0.25) is 0 Å². The second-order valence-corrected chi connectivity index (χ2v) is 6.43. The molecule has 1 heterocycles. The largest absolute Gasteiger partial charge is 0.416 e. The summed E-state index contributed by atoms with van der Waals surface area (Å²) in [5, 5.41) is 2.89. The molecule has 0 bridgehead atoms. The fourth-order valence-electron chi connectivity index (χ4n) is 2.48. The van der Waals surface area contributed by atoms with Crippen LogP contribution in [0.15, 0.2) is 53.4 Å². The maximum Gasteiger partial charge on any atom is 0.416 e. The van der Waals surface area contributed by atoms with Crippen LogP contribution in [0.25, 0.3) is 0 Å². The number of rotatable bonds is 3. The van der Waals surface area contributed by atoms with Crippen molar-refractivity contribution in [2.24, 2.45) is 0 Å². The number of hydrogen-bond donors (Lipinski definition) is 1. The number of benzene rings is 2. The maximum absolute atomic E-state index is 12.5. The maximum atomic E-state index is 12.5. The molecule has 0 unspecified atom stereocenters. The van der Waals surface area contributed by atoms with E-state index >= 15 is 0 Å². The van der Waals surface area contributed by atoms with Gasteiger partial charge in [-0.05, 0) is 36.4 Å². The molecule has 2 aromatic rings. The number of alkyl halides is 3. The van der Waals surface area contributed by atoms with Crippen LogP contribution in [-0.4, -0.2) is 24.7 Å². The van der Waals surface area contributed by atoms with Crippen LogP contribution < -0.4 is 10.2 Å². The van der Waals surface area contributed by atoms with Crippen molar-refractivity contribution in [2.75, 3.05) is 29.1 Å². The Bertz CT molecular complexity index is 731. The van der Waals surface area contributed by atoms with E-state index in [0.29, 0.717) is 12.2 Å². The first-order valence-corrected chi connectivity index (χ1v) is 8.37. The zero-order valence-electron chi connectivity index (χ0n) is 12.6. The smallest absolute Gasteiger partial charge is 0.376 e. The molecular weight excluding hydrogens is 337 g/mol. The first-order valence-electron chi connectivity index (χ1n) is 7.38. The van der Waals surface area contributed by atoms with Crippen molar-refractivity contribution in [3.8, 4) is 0 Å². The van der Waals surface area contributed by atoms with Gasteiger partial charge in [0.25, 0.3) is 0 Å². The van der Waals surface area contributed by atoms with Gasteiger partial charge in [-0.1, -0.05) is 12.1 Å². The highest BCUT2D eigenvalue weighted by Gasteiger charge is 2.30. The minimum Gasteiger partial charge on any atom is -0.376 e. The van der Waals surface area contributed by atoms with E-state index in [1.54, 1.807) is 16.7 Å². The van der Waals surface area contributed by atoms with E-state index in [-0.39, 0.29) is 12.5 Å². The second kappa shape index (κ2) is 6.76. The van der Waals surface area contributed by atoms with E-state index in [4.69, 9.17) is 0 Å². The molecule has 0 aromatic heterocycles. The van der Waals surface area contributed by atoms with Gasteiger partial charge in [0.2, 0.25) is 5.91 Å². The third-order valence-electron chi connectivity index (χ3n) is 3.69. The zero-order valence-corrected chi connectivity index (χ0v) is 13.5. The van der Waals surface area contributed by atoms with Gasteiger partial charge in [-0.25, -0.2) is 0 Å². The lowest BCUT2D eigenvalue weighted by Crippen LogP contribution is -2.39. The summed E-state index contributed by atoms with van der Waals surface area (Å²) >= 11 is 1.71. The highest BCUT2D eigenvalue weighted by molar-refractivity contribution is 7.99. The number of anilines is 2.